The smallest absolute Gasteiger partial charge is 0.479 e. The molecule has 1 aliphatic rings. The average Bonchev–Trinajstić information content (AvgIpc) is 2.76. The standard InChI is InChI=1S/C34H46O2SSi/c1-31(2,3)22-18-25(33(7,8)9)29-27(20-22)37-28-21-23(32(4,5)6)19-26(34(10,11)12)30(28)36-38(35-29)24-16-14-13-15-17-24/h13-21,38H,1-12H3. The molecule has 0 unspecified atom stereocenters. The molecule has 3 aromatic carbocycles. The van der Waals surface area contributed by atoms with E-state index in [1.807, 2.05) is 11.8 Å². The fourth-order valence-electron chi connectivity index (χ4n) is 4.68. The molecule has 1 aliphatic heterocycles. The minimum Gasteiger partial charge on any atom is -0.510 e. The number of hydrogen-bond acceptors (Lipinski definition) is 3. The van der Waals surface area contributed by atoms with Crippen molar-refractivity contribution in [3.63, 3.8) is 0 Å². The van der Waals surface area contributed by atoms with Gasteiger partial charge in [-0.3, -0.25) is 0 Å². The van der Waals surface area contributed by atoms with Gasteiger partial charge in [-0.05, 0) is 56.0 Å². The van der Waals surface area contributed by atoms with E-state index in [0.29, 0.717) is 0 Å². The molecule has 0 saturated carbocycles. The van der Waals surface area contributed by atoms with E-state index >= 15 is 0 Å². The zero-order valence-electron chi connectivity index (χ0n) is 25.5. The van der Waals surface area contributed by atoms with Gasteiger partial charge in [0.05, 0.1) is 9.79 Å². The monoisotopic (exact) mass is 546 g/mol. The van der Waals surface area contributed by atoms with Gasteiger partial charge in [-0.15, -0.1) is 0 Å². The van der Waals surface area contributed by atoms with Gasteiger partial charge in [-0.25, -0.2) is 0 Å². The third kappa shape index (κ3) is 6.02. The molecule has 0 spiro atoms. The Morgan fingerprint density at radius 1 is 0.526 bits per heavy atom. The average molecular weight is 547 g/mol. The molecule has 0 radical (unpaired) electrons. The molecule has 0 atom stereocenters. The topological polar surface area (TPSA) is 18.5 Å². The van der Waals surface area contributed by atoms with Crippen molar-refractivity contribution in [1.29, 1.82) is 0 Å². The van der Waals surface area contributed by atoms with Crippen molar-refractivity contribution < 1.29 is 8.85 Å². The van der Waals surface area contributed by atoms with E-state index in [4.69, 9.17) is 8.85 Å². The minimum atomic E-state index is -2.36. The molecule has 3 aromatic rings. The van der Waals surface area contributed by atoms with Crippen molar-refractivity contribution in [2.45, 2.75) is 115 Å². The molecule has 1 heterocycles. The second kappa shape index (κ2) is 9.78. The van der Waals surface area contributed by atoms with Gasteiger partial charge in [-0.1, -0.05) is 137 Å². The molecule has 38 heavy (non-hydrogen) atoms. The van der Waals surface area contributed by atoms with Crippen LogP contribution in [0, 0.1) is 0 Å². The number of hydrogen-bond donors (Lipinski definition) is 0. The van der Waals surface area contributed by atoms with Gasteiger partial charge in [0.25, 0.3) is 0 Å². The lowest BCUT2D eigenvalue weighted by molar-refractivity contribution is 0.402. The lowest BCUT2D eigenvalue weighted by Crippen LogP contribution is -2.44. The van der Waals surface area contributed by atoms with Crippen LogP contribution in [0.2, 0.25) is 0 Å². The Bertz CT molecular complexity index is 1230. The largest absolute Gasteiger partial charge is 0.510 e. The van der Waals surface area contributed by atoms with Crippen LogP contribution in [0.25, 0.3) is 0 Å². The highest BCUT2D eigenvalue weighted by Gasteiger charge is 2.35. The van der Waals surface area contributed by atoms with Gasteiger partial charge < -0.3 is 8.85 Å². The van der Waals surface area contributed by atoms with Crippen LogP contribution in [0.4, 0.5) is 0 Å². The number of fused-ring (bicyclic) bond motifs is 2. The summed E-state index contributed by atoms with van der Waals surface area (Å²) < 4.78 is 14.1. The Morgan fingerprint density at radius 3 is 1.26 bits per heavy atom. The number of rotatable bonds is 1. The molecule has 0 bridgehead atoms. The fourth-order valence-corrected chi connectivity index (χ4v) is 7.76. The fraction of sp³-hybridized carbons (Fsp3) is 0.471. The molecule has 204 valence electrons. The maximum absolute atomic E-state index is 7.07. The van der Waals surface area contributed by atoms with Crippen molar-refractivity contribution in [2.75, 3.05) is 0 Å². The van der Waals surface area contributed by atoms with Gasteiger partial charge in [-0.2, -0.15) is 0 Å². The SMILES string of the molecule is CC(C)(C)c1cc2c(c(C(C)(C)C)c1)O[SiH](c1ccccc1)Oc1c(cc(C(C)(C)C)cc1C(C)(C)C)S2. The summed E-state index contributed by atoms with van der Waals surface area (Å²) in [5, 5.41) is 1.15. The van der Waals surface area contributed by atoms with E-state index in [1.165, 1.54) is 32.0 Å². The molecule has 0 N–H and O–H groups in total. The molecule has 0 saturated heterocycles. The van der Waals surface area contributed by atoms with Crippen LogP contribution in [0.1, 0.15) is 105 Å². The zero-order chi connectivity index (χ0) is 28.3. The van der Waals surface area contributed by atoms with Crippen LogP contribution in [0.3, 0.4) is 0 Å². The Balaban J connectivity index is 2.09. The van der Waals surface area contributed by atoms with Gasteiger partial charge in [0.2, 0.25) is 0 Å². The molecular weight excluding hydrogens is 501 g/mol. The lowest BCUT2D eigenvalue weighted by Gasteiger charge is -2.35. The van der Waals surface area contributed by atoms with E-state index < -0.39 is 9.28 Å². The molecule has 2 nitrogen and oxygen atoms in total. The molecule has 4 rings (SSSR count). The van der Waals surface area contributed by atoms with E-state index in [9.17, 15) is 0 Å². The summed E-state index contributed by atoms with van der Waals surface area (Å²) in [5.41, 5.74) is 5.06. The second-order valence-corrected chi connectivity index (χ2v) is 17.7. The maximum Gasteiger partial charge on any atom is 0.479 e. The van der Waals surface area contributed by atoms with Gasteiger partial charge >= 0.3 is 9.28 Å². The Hall–Kier alpha value is -2.17. The first-order valence-corrected chi connectivity index (χ1v) is 16.1. The molecule has 0 aliphatic carbocycles. The lowest BCUT2D eigenvalue weighted by atomic mass is 9.80. The van der Waals surface area contributed by atoms with E-state index in [-0.39, 0.29) is 21.7 Å². The van der Waals surface area contributed by atoms with E-state index in [0.717, 1.165) is 16.7 Å². The molecule has 0 amide bonds. The first kappa shape index (κ1) is 28.8. The summed E-state index contributed by atoms with van der Waals surface area (Å²) in [4.78, 5) is 2.37. The van der Waals surface area contributed by atoms with Gasteiger partial charge in [0.15, 0.2) is 0 Å². The Kier molecular flexibility index (Phi) is 7.42. The zero-order valence-corrected chi connectivity index (χ0v) is 27.5. The summed E-state index contributed by atoms with van der Waals surface area (Å²) in [7, 11) is -2.36. The van der Waals surface area contributed by atoms with Crippen molar-refractivity contribution in [1.82, 2.24) is 0 Å². The quantitative estimate of drug-likeness (QED) is 0.284. The van der Waals surface area contributed by atoms with E-state index in [2.05, 4.69) is 138 Å². The van der Waals surface area contributed by atoms with Crippen LogP contribution in [-0.4, -0.2) is 9.28 Å². The third-order valence-electron chi connectivity index (χ3n) is 7.20. The number of benzene rings is 3. The minimum absolute atomic E-state index is 0.0252. The molecular formula is C34H46O2SSi. The predicted molar refractivity (Wildman–Crippen MR) is 166 cm³/mol. The summed E-state index contributed by atoms with van der Waals surface area (Å²) in [5.74, 6) is 1.97. The first-order chi connectivity index (χ1) is 17.4. The normalized spacial score (nSPS) is 15.1. The van der Waals surface area contributed by atoms with Crippen molar-refractivity contribution in [2.24, 2.45) is 0 Å². The van der Waals surface area contributed by atoms with Crippen LogP contribution in [-0.2, 0) is 21.7 Å². The third-order valence-corrected chi connectivity index (χ3v) is 10.1. The highest BCUT2D eigenvalue weighted by Crippen LogP contribution is 2.51. The molecule has 0 aromatic heterocycles. The summed E-state index contributed by atoms with van der Waals surface area (Å²) in [6, 6.07) is 20.0. The van der Waals surface area contributed by atoms with Gasteiger partial charge in [0.1, 0.15) is 11.5 Å². The van der Waals surface area contributed by atoms with Crippen molar-refractivity contribution >= 4 is 26.2 Å². The van der Waals surface area contributed by atoms with Crippen molar-refractivity contribution in [3.8, 4) is 11.5 Å². The highest BCUT2D eigenvalue weighted by molar-refractivity contribution is 7.99. The van der Waals surface area contributed by atoms with Crippen LogP contribution in [0.15, 0.2) is 64.4 Å². The summed E-state index contributed by atoms with van der Waals surface area (Å²) in [6.45, 7) is 27.5. The second-order valence-electron chi connectivity index (χ2n) is 14.8. The first-order valence-electron chi connectivity index (χ1n) is 13.8. The maximum atomic E-state index is 7.07. The van der Waals surface area contributed by atoms with Crippen LogP contribution >= 0.6 is 11.8 Å². The molecule has 4 heteroatoms. The van der Waals surface area contributed by atoms with E-state index in [1.54, 1.807) is 0 Å². The Morgan fingerprint density at radius 2 is 0.921 bits per heavy atom. The summed E-state index contributed by atoms with van der Waals surface area (Å²) >= 11 is 1.81. The predicted octanol–water partition coefficient (Wildman–Crippen LogP) is 8.93. The van der Waals surface area contributed by atoms with Crippen LogP contribution < -0.4 is 14.0 Å². The molecule has 0 fully saturated rings. The van der Waals surface area contributed by atoms with Crippen molar-refractivity contribution in [3.05, 3.63) is 76.9 Å². The van der Waals surface area contributed by atoms with Gasteiger partial charge in [0, 0.05) is 5.19 Å². The Labute approximate surface area is 237 Å². The van der Waals surface area contributed by atoms with Crippen LogP contribution in [0.5, 0.6) is 11.5 Å². The summed E-state index contributed by atoms with van der Waals surface area (Å²) in [6.07, 6.45) is 0. The highest BCUT2D eigenvalue weighted by atomic mass is 32.2.